The van der Waals surface area contributed by atoms with Gasteiger partial charge in [-0.25, -0.2) is 0 Å². The second-order valence-corrected chi connectivity index (χ2v) is 13.0. The van der Waals surface area contributed by atoms with E-state index in [0.717, 1.165) is 0 Å². The number of aryl methyl sites for hydroxylation is 2. The summed E-state index contributed by atoms with van der Waals surface area (Å²) < 4.78 is 2.89. The molecule has 2 heterocycles. The molecule has 190 valence electrons. The summed E-state index contributed by atoms with van der Waals surface area (Å²) in [6, 6.07) is 19.3. The van der Waals surface area contributed by atoms with E-state index < -0.39 is 0 Å². The number of hydrogen-bond donors (Lipinski definition) is 0. The van der Waals surface area contributed by atoms with E-state index in [1.165, 1.54) is 132 Å². The van der Waals surface area contributed by atoms with Crippen molar-refractivity contribution < 1.29 is 0 Å². The Morgan fingerprint density at radius 1 is 0.417 bits per heavy atom. The maximum absolute atomic E-state index is 2.49. The summed E-state index contributed by atoms with van der Waals surface area (Å²) in [7, 11) is 0. The third-order valence-electron chi connectivity index (χ3n) is 7.85. The molecule has 5 aromatic rings. The number of hydrogen-bond acceptors (Lipinski definition) is 2. The van der Waals surface area contributed by atoms with Crippen molar-refractivity contribution in [3.05, 3.63) is 58.3 Å². The topological polar surface area (TPSA) is 0 Å². The fourth-order valence-corrected chi connectivity index (χ4v) is 8.01. The van der Waals surface area contributed by atoms with Crippen LogP contribution in [0, 0.1) is 0 Å². The summed E-state index contributed by atoms with van der Waals surface area (Å²) in [5.74, 6) is 0. The molecule has 0 saturated heterocycles. The summed E-state index contributed by atoms with van der Waals surface area (Å²) >= 11 is 4.01. The van der Waals surface area contributed by atoms with Gasteiger partial charge in [-0.05, 0) is 71.5 Å². The van der Waals surface area contributed by atoms with Crippen molar-refractivity contribution in [3.63, 3.8) is 0 Å². The third-order valence-corrected chi connectivity index (χ3v) is 10.2. The molecule has 0 atom stereocenters. The molecule has 0 aliphatic carbocycles. The number of thiophene rings is 2. The standard InChI is InChI=1S/C34H42S2/c1-3-5-7-9-11-13-15-25-23-31-29-17-18-30-28(27(29)19-21-33(31)35-25)20-22-34-32(30)24-26(36-34)16-14-12-10-8-6-4-2/h17-24H,3-16H2,1-2H3. The van der Waals surface area contributed by atoms with E-state index >= 15 is 0 Å². The minimum atomic E-state index is 1.23. The van der Waals surface area contributed by atoms with E-state index in [2.05, 4.69) is 62.4 Å². The smallest absolute Gasteiger partial charge is 0.0352 e. The van der Waals surface area contributed by atoms with Crippen LogP contribution in [0.4, 0.5) is 0 Å². The Morgan fingerprint density at radius 2 is 0.778 bits per heavy atom. The van der Waals surface area contributed by atoms with Crippen molar-refractivity contribution >= 4 is 64.4 Å². The van der Waals surface area contributed by atoms with Gasteiger partial charge in [0.1, 0.15) is 0 Å². The first kappa shape index (κ1) is 25.7. The summed E-state index contributed by atoms with van der Waals surface area (Å²) in [6.07, 6.45) is 18.9. The van der Waals surface area contributed by atoms with Crippen LogP contribution in [0.15, 0.2) is 48.5 Å². The molecular formula is C34H42S2. The van der Waals surface area contributed by atoms with Gasteiger partial charge in [0.2, 0.25) is 0 Å². The Morgan fingerprint density at radius 3 is 1.22 bits per heavy atom. The molecule has 0 radical (unpaired) electrons. The molecule has 36 heavy (non-hydrogen) atoms. The minimum Gasteiger partial charge on any atom is -0.140 e. The first-order chi connectivity index (χ1) is 17.8. The van der Waals surface area contributed by atoms with Crippen molar-refractivity contribution in [2.45, 2.75) is 104 Å². The van der Waals surface area contributed by atoms with Crippen molar-refractivity contribution in [1.82, 2.24) is 0 Å². The monoisotopic (exact) mass is 514 g/mol. The predicted molar refractivity (Wildman–Crippen MR) is 166 cm³/mol. The van der Waals surface area contributed by atoms with Crippen LogP contribution in [-0.4, -0.2) is 0 Å². The average molecular weight is 515 g/mol. The highest BCUT2D eigenvalue weighted by Crippen LogP contribution is 2.39. The van der Waals surface area contributed by atoms with Crippen LogP contribution in [0.3, 0.4) is 0 Å². The number of fused-ring (bicyclic) bond motifs is 7. The van der Waals surface area contributed by atoms with Crippen LogP contribution in [-0.2, 0) is 12.8 Å². The van der Waals surface area contributed by atoms with Gasteiger partial charge in [-0.2, -0.15) is 0 Å². The van der Waals surface area contributed by atoms with Gasteiger partial charge < -0.3 is 0 Å². The molecule has 3 aromatic carbocycles. The van der Waals surface area contributed by atoms with Gasteiger partial charge in [0, 0.05) is 29.9 Å². The minimum absolute atomic E-state index is 1.23. The zero-order valence-electron chi connectivity index (χ0n) is 22.3. The van der Waals surface area contributed by atoms with Crippen molar-refractivity contribution in [2.24, 2.45) is 0 Å². The maximum Gasteiger partial charge on any atom is 0.0352 e. The lowest BCUT2D eigenvalue weighted by molar-refractivity contribution is 0.609. The predicted octanol–water partition coefficient (Wildman–Crippen LogP) is 12.2. The van der Waals surface area contributed by atoms with Crippen LogP contribution < -0.4 is 0 Å². The van der Waals surface area contributed by atoms with Crippen LogP contribution in [0.25, 0.3) is 41.7 Å². The molecule has 2 heteroatoms. The molecule has 0 spiro atoms. The molecular weight excluding hydrogens is 473 g/mol. The van der Waals surface area contributed by atoms with E-state index in [0.29, 0.717) is 0 Å². The highest BCUT2D eigenvalue weighted by atomic mass is 32.1. The van der Waals surface area contributed by atoms with Crippen LogP contribution in [0.5, 0.6) is 0 Å². The molecule has 0 bridgehead atoms. The fourth-order valence-electron chi connectivity index (χ4n) is 5.77. The number of benzene rings is 3. The average Bonchev–Trinajstić information content (AvgIpc) is 3.51. The number of rotatable bonds is 14. The summed E-state index contributed by atoms with van der Waals surface area (Å²) in [6.45, 7) is 4.59. The quantitative estimate of drug-likeness (QED) is 0.102. The summed E-state index contributed by atoms with van der Waals surface area (Å²) in [5, 5.41) is 8.58. The Kier molecular flexibility index (Phi) is 8.98. The van der Waals surface area contributed by atoms with Gasteiger partial charge in [0.25, 0.3) is 0 Å². The van der Waals surface area contributed by atoms with Gasteiger partial charge >= 0.3 is 0 Å². The van der Waals surface area contributed by atoms with E-state index in [1.807, 2.05) is 22.7 Å². The van der Waals surface area contributed by atoms with Crippen molar-refractivity contribution in [1.29, 1.82) is 0 Å². The van der Waals surface area contributed by atoms with Gasteiger partial charge in [-0.3, -0.25) is 0 Å². The van der Waals surface area contributed by atoms with Crippen LogP contribution in [0.2, 0.25) is 0 Å². The first-order valence-electron chi connectivity index (χ1n) is 14.6. The van der Waals surface area contributed by atoms with Crippen LogP contribution in [0.1, 0.15) is 101 Å². The summed E-state index contributed by atoms with van der Waals surface area (Å²) in [5.41, 5.74) is 0. The SMILES string of the molecule is CCCCCCCCc1cc2c(ccc3c2ccc2c4cc(CCCCCCCC)sc4ccc23)s1. The summed E-state index contributed by atoms with van der Waals surface area (Å²) in [4.78, 5) is 3.11. The van der Waals surface area contributed by atoms with Gasteiger partial charge in [-0.1, -0.05) is 102 Å². The Hall–Kier alpha value is -1.90. The van der Waals surface area contributed by atoms with Crippen molar-refractivity contribution in [3.8, 4) is 0 Å². The van der Waals surface area contributed by atoms with Gasteiger partial charge in [0.15, 0.2) is 0 Å². The fraction of sp³-hybridized carbons (Fsp3) is 0.471. The van der Waals surface area contributed by atoms with E-state index in [1.54, 1.807) is 9.75 Å². The molecule has 0 nitrogen and oxygen atoms in total. The lowest BCUT2D eigenvalue weighted by atomic mass is 9.97. The normalized spacial score (nSPS) is 12.1. The molecule has 0 aliphatic rings. The van der Waals surface area contributed by atoms with E-state index in [4.69, 9.17) is 0 Å². The van der Waals surface area contributed by atoms with Crippen LogP contribution >= 0.6 is 22.7 Å². The lowest BCUT2D eigenvalue weighted by Gasteiger charge is -2.06. The molecule has 0 saturated carbocycles. The zero-order chi connectivity index (χ0) is 24.7. The number of unbranched alkanes of at least 4 members (excludes halogenated alkanes) is 10. The van der Waals surface area contributed by atoms with Gasteiger partial charge in [0.05, 0.1) is 0 Å². The Bertz CT molecular complexity index is 1310. The Balaban J connectivity index is 1.35. The van der Waals surface area contributed by atoms with Gasteiger partial charge in [-0.15, -0.1) is 22.7 Å². The molecule has 0 unspecified atom stereocenters. The molecule has 0 aliphatic heterocycles. The zero-order valence-corrected chi connectivity index (χ0v) is 24.0. The second kappa shape index (κ2) is 12.6. The maximum atomic E-state index is 2.49. The molecule has 0 amide bonds. The highest BCUT2D eigenvalue weighted by Gasteiger charge is 2.11. The third kappa shape index (κ3) is 5.81. The first-order valence-corrected chi connectivity index (χ1v) is 16.2. The van der Waals surface area contributed by atoms with Crippen molar-refractivity contribution in [2.75, 3.05) is 0 Å². The lowest BCUT2D eigenvalue weighted by Crippen LogP contribution is -1.82. The highest BCUT2D eigenvalue weighted by molar-refractivity contribution is 7.19. The molecule has 0 N–H and O–H groups in total. The molecule has 0 fully saturated rings. The van der Waals surface area contributed by atoms with E-state index in [9.17, 15) is 0 Å². The van der Waals surface area contributed by atoms with E-state index in [-0.39, 0.29) is 0 Å². The second-order valence-electron chi connectivity index (χ2n) is 10.7. The Labute approximate surface area is 225 Å². The molecule has 2 aromatic heterocycles. The molecule has 5 rings (SSSR count). The largest absolute Gasteiger partial charge is 0.140 e.